The monoisotopic (exact) mass is 319 g/mol. The molecular weight excluding hydrogens is 298 g/mol. The molecule has 122 valence electrons. The summed E-state index contributed by atoms with van der Waals surface area (Å²) in [7, 11) is 0. The van der Waals surface area contributed by atoms with E-state index in [1.165, 1.54) is 21.9 Å². The van der Waals surface area contributed by atoms with E-state index in [1.54, 1.807) is 0 Å². The maximum Gasteiger partial charge on any atom is 0.161 e. The molecule has 0 radical (unpaired) electrons. The number of hydrogen-bond acceptors (Lipinski definition) is 3. The normalized spacial score (nSPS) is 14.5. The molecule has 3 aromatic rings. The van der Waals surface area contributed by atoms with Gasteiger partial charge in [0.25, 0.3) is 0 Å². The standard InChI is InChI=1S/C21H21NO2/c1-15(18-8-4-6-17-5-2-3-7-19(17)18)22-14-16-9-10-20-21(13-16)24-12-11-23-20/h2-10,13,15,22H,11-12,14H2,1H3/t15-/m1/s1. The average molecular weight is 319 g/mol. The first-order valence-corrected chi connectivity index (χ1v) is 8.41. The highest BCUT2D eigenvalue weighted by molar-refractivity contribution is 5.86. The van der Waals surface area contributed by atoms with E-state index in [0.717, 1.165) is 18.0 Å². The minimum Gasteiger partial charge on any atom is -0.486 e. The van der Waals surface area contributed by atoms with Crippen molar-refractivity contribution in [2.24, 2.45) is 0 Å². The number of benzene rings is 3. The second kappa shape index (κ2) is 6.54. The topological polar surface area (TPSA) is 30.5 Å². The number of ether oxygens (including phenoxy) is 2. The molecule has 0 fully saturated rings. The van der Waals surface area contributed by atoms with Crippen molar-refractivity contribution in [3.05, 3.63) is 71.8 Å². The van der Waals surface area contributed by atoms with Crippen molar-refractivity contribution in [1.82, 2.24) is 5.32 Å². The Hall–Kier alpha value is -2.52. The van der Waals surface area contributed by atoms with Crippen LogP contribution in [0.4, 0.5) is 0 Å². The van der Waals surface area contributed by atoms with Crippen LogP contribution in [0, 0.1) is 0 Å². The third-order valence-electron chi connectivity index (χ3n) is 4.51. The minimum absolute atomic E-state index is 0.268. The van der Waals surface area contributed by atoms with Crippen LogP contribution in [0.2, 0.25) is 0 Å². The van der Waals surface area contributed by atoms with Gasteiger partial charge in [-0.1, -0.05) is 48.5 Å². The van der Waals surface area contributed by atoms with Crippen molar-refractivity contribution in [3.63, 3.8) is 0 Å². The average Bonchev–Trinajstić information content (AvgIpc) is 2.65. The summed E-state index contributed by atoms with van der Waals surface area (Å²) in [4.78, 5) is 0. The van der Waals surface area contributed by atoms with Gasteiger partial charge in [-0.05, 0) is 41.0 Å². The zero-order valence-electron chi connectivity index (χ0n) is 13.8. The molecule has 0 unspecified atom stereocenters. The second-order valence-electron chi connectivity index (χ2n) is 6.15. The van der Waals surface area contributed by atoms with Gasteiger partial charge in [0.05, 0.1) is 0 Å². The maximum absolute atomic E-state index is 5.66. The van der Waals surface area contributed by atoms with Crippen LogP contribution in [0.15, 0.2) is 60.7 Å². The smallest absolute Gasteiger partial charge is 0.161 e. The molecule has 3 aromatic carbocycles. The molecule has 1 aliphatic rings. The van der Waals surface area contributed by atoms with Crippen LogP contribution in [0.25, 0.3) is 10.8 Å². The van der Waals surface area contributed by atoms with Crippen LogP contribution >= 0.6 is 0 Å². The van der Waals surface area contributed by atoms with Gasteiger partial charge in [-0.2, -0.15) is 0 Å². The molecule has 0 amide bonds. The van der Waals surface area contributed by atoms with E-state index in [9.17, 15) is 0 Å². The molecule has 0 bridgehead atoms. The number of fused-ring (bicyclic) bond motifs is 2. The Labute approximate surface area is 142 Å². The van der Waals surface area contributed by atoms with Gasteiger partial charge in [0, 0.05) is 12.6 Å². The fraction of sp³-hybridized carbons (Fsp3) is 0.238. The molecule has 4 rings (SSSR count). The molecule has 1 heterocycles. The predicted molar refractivity (Wildman–Crippen MR) is 96.6 cm³/mol. The van der Waals surface area contributed by atoms with Crippen molar-refractivity contribution in [1.29, 1.82) is 0 Å². The van der Waals surface area contributed by atoms with E-state index in [-0.39, 0.29) is 6.04 Å². The summed E-state index contributed by atoms with van der Waals surface area (Å²) in [6.45, 7) is 4.25. The number of rotatable bonds is 4. The Balaban J connectivity index is 1.51. The minimum atomic E-state index is 0.268. The first kappa shape index (κ1) is 15.0. The molecule has 1 aliphatic heterocycles. The Morgan fingerprint density at radius 1 is 0.917 bits per heavy atom. The number of hydrogen-bond donors (Lipinski definition) is 1. The van der Waals surface area contributed by atoms with Crippen LogP contribution in [0.3, 0.4) is 0 Å². The van der Waals surface area contributed by atoms with E-state index in [1.807, 2.05) is 6.07 Å². The third-order valence-corrected chi connectivity index (χ3v) is 4.51. The lowest BCUT2D eigenvalue weighted by molar-refractivity contribution is 0.171. The zero-order valence-corrected chi connectivity index (χ0v) is 13.8. The summed E-state index contributed by atoms with van der Waals surface area (Å²) < 4.78 is 11.2. The summed E-state index contributed by atoms with van der Waals surface area (Å²) >= 11 is 0. The quantitative estimate of drug-likeness (QED) is 0.770. The molecule has 0 spiro atoms. The summed E-state index contributed by atoms with van der Waals surface area (Å²) in [5, 5.41) is 6.21. The van der Waals surface area contributed by atoms with E-state index >= 15 is 0 Å². The Morgan fingerprint density at radius 3 is 2.62 bits per heavy atom. The Kier molecular flexibility index (Phi) is 4.09. The van der Waals surface area contributed by atoms with Gasteiger partial charge in [-0.25, -0.2) is 0 Å². The van der Waals surface area contributed by atoms with E-state index in [0.29, 0.717) is 13.2 Å². The lowest BCUT2D eigenvalue weighted by Gasteiger charge is -2.20. The molecule has 3 nitrogen and oxygen atoms in total. The Bertz CT molecular complexity index is 854. The highest BCUT2D eigenvalue weighted by Crippen LogP contribution is 2.31. The first-order valence-electron chi connectivity index (χ1n) is 8.41. The van der Waals surface area contributed by atoms with Crippen LogP contribution in [-0.2, 0) is 6.54 Å². The van der Waals surface area contributed by atoms with Gasteiger partial charge in [0.1, 0.15) is 13.2 Å². The van der Waals surface area contributed by atoms with Crippen LogP contribution < -0.4 is 14.8 Å². The van der Waals surface area contributed by atoms with E-state index < -0.39 is 0 Å². The third kappa shape index (κ3) is 2.95. The summed E-state index contributed by atoms with van der Waals surface area (Å²) in [6, 6.07) is 21.4. The fourth-order valence-electron chi connectivity index (χ4n) is 3.21. The van der Waals surface area contributed by atoms with Crippen LogP contribution in [0.5, 0.6) is 11.5 Å². The molecule has 3 heteroatoms. The largest absolute Gasteiger partial charge is 0.486 e. The lowest BCUT2D eigenvalue weighted by atomic mass is 9.99. The van der Waals surface area contributed by atoms with Crippen molar-refractivity contribution >= 4 is 10.8 Å². The summed E-state index contributed by atoms with van der Waals surface area (Å²) in [6.07, 6.45) is 0. The van der Waals surface area contributed by atoms with E-state index in [4.69, 9.17) is 9.47 Å². The van der Waals surface area contributed by atoms with Crippen LogP contribution in [-0.4, -0.2) is 13.2 Å². The predicted octanol–water partition coefficient (Wildman–Crippen LogP) is 4.46. The molecule has 1 atom stereocenters. The molecule has 24 heavy (non-hydrogen) atoms. The van der Waals surface area contributed by atoms with E-state index in [2.05, 4.69) is 66.8 Å². The molecular formula is C21H21NO2. The zero-order chi connectivity index (χ0) is 16.4. The maximum atomic E-state index is 5.66. The van der Waals surface area contributed by atoms with Crippen molar-refractivity contribution in [3.8, 4) is 11.5 Å². The Morgan fingerprint density at radius 2 is 1.71 bits per heavy atom. The molecule has 1 N–H and O–H groups in total. The van der Waals surface area contributed by atoms with Crippen LogP contribution in [0.1, 0.15) is 24.1 Å². The van der Waals surface area contributed by atoms with Gasteiger partial charge in [0.15, 0.2) is 11.5 Å². The molecule has 0 aromatic heterocycles. The summed E-state index contributed by atoms with van der Waals surface area (Å²) in [5.74, 6) is 1.69. The van der Waals surface area contributed by atoms with Gasteiger partial charge in [0.2, 0.25) is 0 Å². The highest BCUT2D eigenvalue weighted by atomic mass is 16.6. The van der Waals surface area contributed by atoms with Crippen molar-refractivity contribution in [2.75, 3.05) is 13.2 Å². The first-order chi connectivity index (χ1) is 11.8. The SMILES string of the molecule is C[C@@H](NCc1ccc2c(c1)OCCO2)c1cccc2ccccc12. The van der Waals surface area contributed by atoms with Gasteiger partial charge < -0.3 is 14.8 Å². The lowest BCUT2D eigenvalue weighted by Crippen LogP contribution is -2.19. The van der Waals surface area contributed by atoms with Gasteiger partial charge in [-0.3, -0.25) is 0 Å². The van der Waals surface area contributed by atoms with Crippen molar-refractivity contribution < 1.29 is 9.47 Å². The van der Waals surface area contributed by atoms with Gasteiger partial charge in [-0.15, -0.1) is 0 Å². The fourth-order valence-corrected chi connectivity index (χ4v) is 3.21. The summed E-state index contributed by atoms with van der Waals surface area (Å²) in [5.41, 5.74) is 2.52. The van der Waals surface area contributed by atoms with Gasteiger partial charge >= 0.3 is 0 Å². The molecule has 0 saturated carbocycles. The second-order valence-corrected chi connectivity index (χ2v) is 6.15. The van der Waals surface area contributed by atoms with Crippen molar-refractivity contribution in [2.45, 2.75) is 19.5 Å². The number of nitrogens with one attached hydrogen (secondary N) is 1. The molecule has 0 saturated heterocycles. The molecule has 0 aliphatic carbocycles. The highest BCUT2D eigenvalue weighted by Gasteiger charge is 2.13.